The van der Waals surface area contributed by atoms with Gasteiger partial charge in [-0.15, -0.1) is 0 Å². The van der Waals surface area contributed by atoms with E-state index in [-0.39, 0.29) is 6.03 Å². The molecule has 1 N–H and O–H groups in total. The lowest BCUT2D eigenvalue weighted by Crippen LogP contribution is -2.31. The van der Waals surface area contributed by atoms with Crippen molar-refractivity contribution >= 4 is 61.6 Å². The molecule has 0 aliphatic heterocycles. The minimum Gasteiger partial charge on any atom is -0.457 e. The largest absolute Gasteiger partial charge is 0.457 e. The molecular weight excluding hydrogens is 575 g/mol. The first-order chi connectivity index (χ1) is 16.7. The molecule has 0 heterocycles. The molecule has 0 spiro atoms. The number of urea groups is 1. The molecule has 0 aliphatic carbocycles. The van der Waals surface area contributed by atoms with Crippen molar-refractivity contribution in [3.63, 3.8) is 0 Å². The van der Waals surface area contributed by atoms with E-state index in [9.17, 15) is 9.00 Å². The number of hydrogen-bond donors (Lipinski definition) is 1. The fourth-order valence-corrected chi connectivity index (χ4v) is 4.94. The standard InChI is InChI=1S/C25H25BrCl2N2O4S/c1-30(25(31)29-19-5-3-4-17(12-19)16-35(32)11-10-33-2)15-18-6-7-20(13-22(18)26)34-21-8-9-23(27)24(28)14-21/h3-9,12-14H,10-11,15-16H2,1-2H3,(H,29,31). The summed E-state index contributed by atoms with van der Waals surface area (Å²) >= 11 is 15.6. The lowest BCUT2D eigenvalue weighted by Gasteiger charge is -2.19. The predicted molar refractivity (Wildman–Crippen MR) is 146 cm³/mol. The Bertz CT molecular complexity index is 1210. The highest BCUT2D eigenvalue weighted by molar-refractivity contribution is 9.10. The monoisotopic (exact) mass is 598 g/mol. The van der Waals surface area contributed by atoms with Gasteiger partial charge in [-0.2, -0.15) is 0 Å². The number of amides is 2. The molecule has 0 saturated carbocycles. The molecule has 6 nitrogen and oxygen atoms in total. The van der Waals surface area contributed by atoms with Gasteiger partial charge in [0.2, 0.25) is 0 Å². The summed E-state index contributed by atoms with van der Waals surface area (Å²) < 4.78 is 23.7. The fourth-order valence-electron chi connectivity index (χ4n) is 3.12. The van der Waals surface area contributed by atoms with Crippen molar-refractivity contribution in [3.8, 4) is 11.5 Å². The number of carbonyl (C=O) groups excluding carboxylic acids is 1. The number of methoxy groups -OCH3 is 1. The van der Waals surface area contributed by atoms with Crippen LogP contribution < -0.4 is 10.1 Å². The molecule has 0 aliphatic rings. The third kappa shape index (κ3) is 8.51. The Balaban J connectivity index is 1.58. The first kappa shape index (κ1) is 27.5. The second-order valence-electron chi connectivity index (χ2n) is 7.70. The van der Waals surface area contributed by atoms with Crippen LogP contribution in [-0.4, -0.2) is 41.7 Å². The number of hydrogen-bond acceptors (Lipinski definition) is 4. The first-order valence-corrected chi connectivity index (χ1v) is 13.6. The number of benzene rings is 3. The van der Waals surface area contributed by atoms with Crippen LogP contribution in [0.4, 0.5) is 10.5 Å². The van der Waals surface area contributed by atoms with Gasteiger partial charge in [-0.1, -0.05) is 57.3 Å². The van der Waals surface area contributed by atoms with Gasteiger partial charge >= 0.3 is 6.03 Å². The molecule has 3 rings (SSSR count). The summed E-state index contributed by atoms with van der Waals surface area (Å²) in [6.45, 7) is 0.826. The molecule has 0 aromatic heterocycles. The van der Waals surface area contributed by atoms with Gasteiger partial charge < -0.3 is 19.7 Å². The molecule has 0 radical (unpaired) electrons. The third-order valence-electron chi connectivity index (χ3n) is 4.93. The van der Waals surface area contributed by atoms with Crippen molar-refractivity contribution in [1.29, 1.82) is 0 Å². The first-order valence-electron chi connectivity index (χ1n) is 10.6. The van der Waals surface area contributed by atoms with E-state index in [4.69, 9.17) is 32.7 Å². The molecule has 3 aromatic rings. The molecule has 186 valence electrons. The molecule has 1 unspecified atom stereocenters. The van der Waals surface area contributed by atoms with E-state index in [1.807, 2.05) is 36.4 Å². The van der Waals surface area contributed by atoms with Crippen molar-refractivity contribution in [1.82, 2.24) is 4.90 Å². The van der Waals surface area contributed by atoms with Gasteiger partial charge in [0.15, 0.2) is 0 Å². The van der Waals surface area contributed by atoms with E-state index in [1.54, 1.807) is 43.3 Å². The van der Waals surface area contributed by atoms with Gasteiger partial charge in [0.05, 0.1) is 16.7 Å². The average molecular weight is 600 g/mol. The molecular formula is C25H25BrCl2N2O4S. The van der Waals surface area contributed by atoms with Gasteiger partial charge in [0.1, 0.15) is 11.5 Å². The van der Waals surface area contributed by atoms with Gasteiger partial charge in [0.25, 0.3) is 0 Å². The summed E-state index contributed by atoms with van der Waals surface area (Å²) in [4.78, 5) is 14.3. The second kappa shape index (κ2) is 13.3. The molecule has 0 saturated heterocycles. The number of ether oxygens (including phenoxy) is 2. The number of anilines is 1. The SMILES string of the molecule is COCCS(=O)Cc1cccc(NC(=O)N(C)Cc2ccc(Oc3ccc(Cl)c(Cl)c3)cc2Br)c1. The van der Waals surface area contributed by atoms with Crippen LogP contribution in [0.1, 0.15) is 11.1 Å². The van der Waals surface area contributed by atoms with E-state index in [0.717, 1.165) is 15.6 Å². The highest BCUT2D eigenvalue weighted by Gasteiger charge is 2.13. The summed E-state index contributed by atoms with van der Waals surface area (Å²) in [5.41, 5.74) is 2.44. The van der Waals surface area contributed by atoms with Gasteiger partial charge in [-0.25, -0.2) is 4.79 Å². The smallest absolute Gasteiger partial charge is 0.321 e. The molecule has 0 bridgehead atoms. The zero-order valence-electron chi connectivity index (χ0n) is 19.2. The topological polar surface area (TPSA) is 67.9 Å². The van der Waals surface area contributed by atoms with Crippen molar-refractivity contribution in [3.05, 3.63) is 86.3 Å². The minimum absolute atomic E-state index is 0.259. The zero-order valence-corrected chi connectivity index (χ0v) is 23.1. The Morgan fingerprint density at radius 1 is 1.06 bits per heavy atom. The lowest BCUT2D eigenvalue weighted by atomic mass is 10.2. The fraction of sp³-hybridized carbons (Fsp3) is 0.240. The summed E-state index contributed by atoms with van der Waals surface area (Å²) in [6.07, 6.45) is 0. The van der Waals surface area contributed by atoms with Gasteiger partial charge in [-0.05, 0) is 47.5 Å². The zero-order chi connectivity index (χ0) is 25.4. The highest BCUT2D eigenvalue weighted by Crippen LogP contribution is 2.31. The molecule has 1 atom stereocenters. The normalized spacial score (nSPS) is 11.7. The van der Waals surface area contributed by atoms with E-state index >= 15 is 0 Å². The van der Waals surface area contributed by atoms with Crippen molar-refractivity contribution in [2.45, 2.75) is 12.3 Å². The Kier molecular flexibility index (Phi) is 10.4. The second-order valence-corrected chi connectivity index (χ2v) is 10.9. The van der Waals surface area contributed by atoms with E-state index in [0.29, 0.717) is 51.9 Å². The van der Waals surface area contributed by atoms with Crippen LogP contribution in [0.5, 0.6) is 11.5 Å². The van der Waals surface area contributed by atoms with E-state index in [1.165, 1.54) is 0 Å². The Labute approximate surface area is 226 Å². The number of nitrogens with one attached hydrogen (secondary N) is 1. The lowest BCUT2D eigenvalue weighted by molar-refractivity contribution is 0.218. The quantitative estimate of drug-likeness (QED) is 0.270. The number of carbonyl (C=O) groups is 1. The summed E-state index contributed by atoms with van der Waals surface area (Å²) in [7, 11) is 2.28. The average Bonchev–Trinajstić information content (AvgIpc) is 2.82. The highest BCUT2D eigenvalue weighted by atomic mass is 79.9. The van der Waals surface area contributed by atoms with E-state index in [2.05, 4.69) is 21.2 Å². The molecule has 2 amide bonds. The summed E-state index contributed by atoms with van der Waals surface area (Å²) in [5, 5.41) is 3.77. The van der Waals surface area contributed by atoms with Crippen molar-refractivity contribution in [2.75, 3.05) is 31.8 Å². The number of rotatable bonds is 10. The van der Waals surface area contributed by atoms with Gasteiger partial charge in [0, 0.05) is 59.2 Å². The Hall–Kier alpha value is -2.10. The predicted octanol–water partition coefficient (Wildman–Crippen LogP) is 7.11. The van der Waals surface area contributed by atoms with Crippen molar-refractivity contribution < 1.29 is 18.5 Å². The maximum absolute atomic E-state index is 12.7. The number of halogens is 3. The van der Waals surface area contributed by atoms with Crippen LogP contribution in [0.25, 0.3) is 0 Å². The molecule has 3 aromatic carbocycles. The molecule has 35 heavy (non-hydrogen) atoms. The maximum Gasteiger partial charge on any atom is 0.321 e. The van der Waals surface area contributed by atoms with Crippen LogP contribution in [0.3, 0.4) is 0 Å². The van der Waals surface area contributed by atoms with Crippen LogP contribution in [0.15, 0.2) is 65.1 Å². The number of nitrogens with zero attached hydrogens (tertiary/aromatic N) is 1. The Morgan fingerprint density at radius 2 is 1.80 bits per heavy atom. The van der Waals surface area contributed by atoms with Gasteiger partial charge in [-0.3, -0.25) is 4.21 Å². The summed E-state index contributed by atoms with van der Waals surface area (Å²) in [5.74, 6) is 2.07. The Morgan fingerprint density at radius 3 is 2.51 bits per heavy atom. The van der Waals surface area contributed by atoms with E-state index < -0.39 is 10.8 Å². The van der Waals surface area contributed by atoms with Crippen LogP contribution >= 0.6 is 39.1 Å². The van der Waals surface area contributed by atoms with Crippen LogP contribution in [-0.2, 0) is 27.8 Å². The van der Waals surface area contributed by atoms with Crippen molar-refractivity contribution in [2.24, 2.45) is 0 Å². The van der Waals surface area contributed by atoms with Crippen LogP contribution in [0.2, 0.25) is 10.0 Å². The molecule has 10 heteroatoms. The van der Waals surface area contributed by atoms with Crippen LogP contribution in [0, 0.1) is 0 Å². The summed E-state index contributed by atoms with van der Waals surface area (Å²) in [6, 6.07) is 17.7. The third-order valence-corrected chi connectivity index (χ3v) is 7.68. The maximum atomic E-state index is 12.7. The molecule has 0 fully saturated rings. The minimum atomic E-state index is -1.02.